The first-order valence-corrected chi connectivity index (χ1v) is 11.3. The van der Waals surface area contributed by atoms with Gasteiger partial charge in [0.15, 0.2) is 12.0 Å². The number of hydrogen-bond acceptors (Lipinski definition) is 3. The molecule has 4 heteroatoms. The number of likely N-dealkylation sites (tertiary alicyclic amines) is 1. The third-order valence-corrected chi connectivity index (χ3v) is 7.23. The van der Waals surface area contributed by atoms with Crippen molar-refractivity contribution in [3.63, 3.8) is 0 Å². The van der Waals surface area contributed by atoms with E-state index < -0.39 is 5.72 Å². The van der Waals surface area contributed by atoms with Gasteiger partial charge in [0.25, 0.3) is 0 Å². The second-order valence-electron chi connectivity index (χ2n) is 9.02. The minimum atomic E-state index is -0.671. The van der Waals surface area contributed by atoms with Gasteiger partial charge in [0, 0.05) is 18.9 Å². The minimum absolute atomic E-state index is 0.0352. The summed E-state index contributed by atoms with van der Waals surface area (Å²) in [5, 5.41) is 0. The molecule has 0 radical (unpaired) electrons. The van der Waals surface area contributed by atoms with Gasteiger partial charge in [-0.15, -0.1) is 0 Å². The van der Waals surface area contributed by atoms with Gasteiger partial charge in [-0.05, 0) is 35.8 Å². The Kier molecular flexibility index (Phi) is 4.98. The molecule has 1 aliphatic carbocycles. The molecule has 5 atom stereocenters. The molecule has 1 saturated carbocycles. The molecule has 1 amide bonds. The summed E-state index contributed by atoms with van der Waals surface area (Å²) in [6.45, 7) is 4.98. The number of amides is 1. The van der Waals surface area contributed by atoms with Crippen molar-refractivity contribution >= 4 is 11.6 Å². The molecule has 2 aromatic carbocycles. The van der Waals surface area contributed by atoms with Crippen molar-refractivity contribution in [1.29, 1.82) is 0 Å². The monoisotopic (exact) mass is 402 g/mol. The Morgan fingerprint density at radius 1 is 1.07 bits per heavy atom. The van der Waals surface area contributed by atoms with Crippen molar-refractivity contribution < 1.29 is 9.53 Å². The van der Waals surface area contributed by atoms with E-state index in [2.05, 4.69) is 56.3 Å². The van der Waals surface area contributed by atoms with E-state index in [1.165, 1.54) is 5.56 Å². The van der Waals surface area contributed by atoms with Crippen LogP contribution in [0.15, 0.2) is 65.7 Å². The molecule has 2 aliphatic heterocycles. The number of carbonyl (C=O) groups excluding carboxylic acids is 1. The van der Waals surface area contributed by atoms with Gasteiger partial charge in [-0.3, -0.25) is 9.79 Å². The smallest absolute Gasteiger partial charge is 0.229 e. The molecule has 5 rings (SSSR count). The fraction of sp³-hybridized carbons (Fsp3) is 0.462. The molecule has 4 nitrogen and oxygen atoms in total. The van der Waals surface area contributed by atoms with Crippen LogP contribution in [0.5, 0.6) is 0 Å². The Labute approximate surface area is 179 Å². The highest BCUT2D eigenvalue weighted by molar-refractivity contribution is 6.01. The number of carbonyl (C=O) groups is 1. The number of nitrogens with zero attached hydrogens (tertiary/aromatic N) is 2. The third kappa shape index (κ3) is 3.09. The summed E-state index contributed by atoms with van der Waals surface area (Å²) < 4.78 is 6.65. The number of fused-ring (bicyclic) bond motifs is 1. The summed E-state index contributed by atoms with van der Waals surface area (Å²) in [6.07, 6.45) is 3.36. The second kappa shape index (κ2) is 7.66. The highest BCUT2D eigenvalue weighted by Gasteiger charge is 2.62. The average molecular weight is 403 g/mol. The van der Waals surface area contributed by atoms with Crippen LogP contribution in [0, 0.1) is 11.8 Å². The largest absolute Gasteiger partial charge is 0.325 e. The molecule has 2 aromatic rings. The molecular formula is C26H30N2O2. The lowest BCUT2D eigenvalue weighted by Crippen LogP contribution is -2.52. The zero-order valence-corrected chi connectivity index (χ0v) is 17.8. The Bertz CT molecular complexity index is 942. The second-order valence-corrected chi connectivity index (χ2v) is 9.02. The van der Waals surface area contributed by atoms with Crippen LogP contribution >= 0.6 is 0 Å². The third-order valence-electron chi connectivity index (χ3n) is 7.23. The SMILES string of the molecule is CCC[C@@H]1N=C2C[C@H](c3ccccc3)[C@@H](C)C3C[C@@]2(O1)N(Cc1ccccc1)C3=O. The van der Waals surface area contributed by atoms with Crippen molar-refractivity contribution in [1.82, 2.24) is 4.90 Å². The van der Waals surface area contributed by atoms with Crippen LogP contribution in [0.2, 0.25) is 0 Å². The van der Waals surface area contributed by atoms with Crippen LogP contribution in [-0.4, -0.2) is 28.5 Å². The highest BCUT2D eigenvalue weighted by Crippen LogP contribution is 2.52. The Morgan fingerprint density at radius 3 is 2.47 bits per heavy atom. The molecule has 0 aromatic heterocycles. The molecule has 1 saturated heterocycles. The first kappa shape index (κ1) is 19.5. The number of hydrogen-bond donors (Lipinski definition) is 0. The molecule has 156 valence electrons. The van der Waals surface area contributed by atoms with Crippen molar-refractivity contribution in [2.24, 2.45) is 16.8 Å². The Morgan fingerprint density at radius 2 is 1.77 bits per heavy atom. The number of benzene rings is 2. The van der Waals surface area contributed by atoms with Gasteiger partial charge in [-0.1, -0.05) is 80.9 Å². The molecule has 2 heterocycles. The van der Waals surface area contributed by atoms with Crippen LogP contribution in [0.3, 0.4) is 0 Å². The first-order valence-electron chi connectivity index (χ1n) is 11.3. The summed E-state index contributed by atoms with van der Waals surface area (Å²) in [6, 6.07) is 20.9. The highest BCUT2D eigenvalue weighted by atomic mass is 16.6. The van der Waals surface area contributed by atoms with Gasteiger partial charge in [-0.25, -0.2) is 0 Å². The lowest BCUT2D eigenvalue weighted by Gasteiger charge is -2.37. The normalized spacial score (nSPS) is 32.7. The van der Waals surface area contributed by atoms with E-state index in [0.29, 0.717) is 12.5 Å². The van der Waals surface area contributed by atoms with Gasteiger partial charge in [-0.2, -0.15) is 0 Å². The van der Waals surface area contributed by atoms with Crippen molar-refractivity contribution in [2.45, 2.75) is 63.9 Å². The van der Waals surface area contributed by atoms with E-state index in [1.807, 2.05) is 23.1 Å². The Balaban J connectivity index is 1.55. The summed E-state index contributed by atoms with van der Waals surface area (Å²) in [4.78, 5) is 20.8. The van der Waals surface area contributed by atoms with E-state index >= 15 is 0 Å². The molecular weight excluding hydrogens is 372 g/mol. The standard InChI is InChI=1S/C26H30N2O2/c1-3-10-24-27-23-15-21(20-13-8-5-9-14-20)18(2)22-16-26(23,30-24)28(25(22)29)17-19-11-6-4-7-12-19/h4-9,11-14,18,21-22,24H,3,10,15-17H2,1-2H3/t18-,21+,22?,24-,26+/m1/s1. The van der Waals surface area contributed by atoms with Gasteiger partial charge >= 0.3 is 0 Å². The maximum atomic E-state index is 13.7. The molecule has 1 spiro atoms. The minimum Gasteiger partial charge on any atom is -0.325 e. The molecule has 0 N–H and O–H groups in total. The quantitative estimate of drug-likeness (QED) is 0.694. The fourth-order valence-corrected chi connectivity index (χ4v) is 5.61. The number of ether oxygens (including phenoxy) is 1. The molecule has 2 bridgehead atoms. The lowest BCUT2D eigenvalue weighted by molar-refractivity contribution is -0.150. The van der Waals surface area contributed by atoms with E-state index in [9.17, 15) is 4.79 Å². The van der Waals surface area contributed by atoms with Crippen molar-refractivity contribution in [2.75, 3.05) is 0 Å². The molecule has 2 fully saturated rings. The van der Waals surface area contributed by atoms with Gasteiger partial charge in [0.2, 0.25) is 5.91 Å². The zero-order chi connectivity index (χ0) is 20.7. The van der Waals surface area contributed by atoms with Gasteiger partial charge in [0.05, 0.1) is 5.71 Å². The summed E-state index contributed by atoms with van der Waals surface area (Å²) in [5.74, 6) is 0.728. The zero-order valence-electron chi connectivity index (χ0n) is 17.8. The summed E-state index contributed by atoms with van der Waals surface area (Å²) in [7, 11) is 0. The molecule has 30 heavy (non-hydrogen) atoms. The van der Waals surface area contributed by atoms with Crippen LogP contribution in [-0.2, 0) is 16.1 Å². The topological polar surface area (TPSA) is 41.9 Å². The van der Waals surface area contributed by atoms with E-state index in [0.717, 1.165) is 37.0 Å². The number of aliphatic imine (C=N–C) groups is 1. The maximum Gasteiger partial charge on any atom is 0.229 e. The molecule has 3 aliphatic rings. The van der Waals surface area contributed by atoms with Crippen LogP contribution in [0.4, 0.5) is 0 Å². The molecule has 1 unspecified atom stereocenters. The predicted octanol–water partition coefficient (Wildman–Crippen LogP) is 5.15. The van der Waals surface area contributed by atoms with Crippen LogP contribution in [0.1, 0.15) is 56.6 Å². The summed E-state index contributed by atoms with van der Waals surface area (Å²) >= 11 is 0. The van der Waals surface area contributed by atoms with Crippen LogP contribution < -0.4 is 0 Å². The average Bonchev–Trinajstić information content (AvgIpc) is 3.21. The van der Waals surface area contributed by atoms with Gasteiger partial charge < -0.3 is 9.64 Å². The number of rotatable bonds is 5. The van der Waals surface area contributed by atoms with Crippen molar-refractivity contribution in [3.05, 3.63) is 71.8 Å². The van der Waals surface area contributed by atoms with E-state index in [1.54, 1.807) is 0 Å². The van der Waals surface area contributed by atoms with E-state index in [4.69, 9.17) is 9.73 Å². The van der Waals surface area contributed by atoms with E-state index in [-0.39, 0.29) is 24.0 Å². The first-order chi connectivity index (χ1) is 14.6. The Hall–Kier alpha value is -2.46. The van der Waals surface area contributed by atoms with Crippen molar-refractivity contribution in [3.8, 4) is 0 Å². The fourth-order valence-electron chi connectivity index (χ4n) is 5.61. The lowest BCUT2D eigenvalue weighted by atomic mass is 9.78. The van der Waals surface area contributed by atoms with Crippen LogP contribution in [0.25, 0.3) is 0 Å². The van der Waals surface area contributed by atoms with Gasteiger partial charge in [0.1, 0.15) is 0 Å². The predicted molar refractivity (Wildman–Crippen MR) is 118 cm³/mol. The maximum absolute atomic E-state index is 13.7. The summed E-state index contributed by atoms with van der Waals surface area (Å²) in [5.41, 5.74) is 2.85.